The molecule has 2 atom stereocenters. The third-order valence-corrected chi connectivity index (χ3v) is 5.37. The Morgan fingerprint density at radius 2 is 1.65 bits per heavy atom. The summed E-state index contributed by atoms with van der Waals surface area (Å²) in [5.41, 5.74) is 0. The van der Waals surface area contributed by atoms with Crippen LogP contribution in [-0.2, 0) is 14.3 Å². The number of morpholine rings is 1. The molecule has 3 aliphatic rings. The predicted octanol–water partition coefficient (Wildman–Crippen LogP) is -0.851. The van der Waals surface area contributed by atoms with Crippen molar-refractivity contribution in [2.75, 3.05) is 52.5 Å². The molecule has 0 aromatic carbocycles. The predicted molar refractivity (Wildman–Crippen MR) is 83.7 cm³/mol. The summed E-state index contributed by atoms with van der Waals surface area (Å²) in [5.74, 6) is 0.212. The van der Waals surface area contributed by atoms with Gasteiger partial charge in [-0.3, -0.25) is 14.5 Å². The topological polar surface area (TPSA) is 73.3 Å². The summed E-state index contributed by atoms with van der Waals surface area (Å²) in [4.78, 5) is 30.0. The van der Waals surface area contributed by atoms with Crippen molar-refractivity contribution in [3.05, 3.63) is 0 Å². The second-order valence-corrected chi connectivity index (χ2v) is 6.81. The fraction of sp³-hybridized carbons (Fsp3) is 0.875. The zero-order valence-electron chi connectivity index (χ0n) is 13.8. The summed E-state index contributed by atoms with van der Waals surface area (Å²) in [6, 6.07) is 0.0279. The number of likely N-dealkylation sites (tertiary alicyclic amines) is 2. The fourth-order valence-corrected chi connectivity index (χ4v) is 3.92. The van der Waals surface area contributed by atoms with Crippen LogP contribution in [0.25, 0.3) is 0 Å². The maximum atomic E-state index is 12.7. The van der Waals surface area contributed by atoms with Crippen LogP contribution in [0, 0.1) is 5.92 Å². The minimum absolute atomic E-state index is 0.0127. The highest BCUT2D eigenvalue weighted by Crippen LogP contribution is 2.24. The number of nitrogens with zero attached hydrogens (tertiary/aromatic N) is 3. The van der Waals surface area contributed by atoms with Crippen molar-refractivity contribution < 1.29 is 19.4 Å². The van der Waals surface area contributed by atoms with Crippen molar-refractivity contribution in [1.29, 1.82) is 0 Å². The number of hydrogen-bond acceptors (Lipinski definition) is 5. The fourth-order valence-electron chi connectivity index (χ4n) is 3.92. The van der Waals surface area contributed by atoms with Gasteiger partial charge in [0, 0.05) is 52.1 Å². The Balaban J connectivity index is 1.53. The first-order chi connectivity index (χ1) is 11.1. The number of rotatable bonds is 2. The van der Waals surface area contributed by atoms with Gasteiger partial charge in [-0.25, -0.2) is 0 Å². The van der Waals surface area contributed by atoms with Gasteiger partial charge in [0.2, 0.25) is 11.8 Å². The average molecular weight is 325 g/mol. The molecule has 23 heavy (non-hydrogen) atoms. The standard InChI is InChI=1S/C16H27N3O4/c1-12(20)17-4-2-13(3-5-17)16(22)19-10-14(15(21)11-19)18-6-8-23-9-7-18/h13-15,21H,2-11H2,1H3/t14-,15-/m1/s1. The Labute approximate surface area is 137 Å². The van der Waals surface area contributed by atoms with E-state index in [2.05, 4.69) is 4.90 Å². The van der Waals surface area contributed by atoms with E-state index in [-0.39, 0.29) is 23.8 Å². The minimum Gasteiger partial charge on any atom is -0.390 e. The summed E-state index contributed by atoms with van der Waals surface area (Å²) in [7, 11) is 0. The lowest BCUT2D eigenvalue weighted by Crippen LogP contribution is -2.49. The van der Waals surface area contributed by atoms with E-state index in [0.717, 1.165) is 25.9 Å². The molecular formula is C16H27N3O4. The van der Waals surface area contributed by atoms with Crippen molar-refractivity contribution in [1.82, 2.24) is 14.7 Å². The van der Waals surface area contributed by atoms with Gasteiger partial charge in [-0.2, -0.15) is 0 Å². The Kier molecular flexibility index (Phi) is 5.18. The van der Waals surface area contributed by atoms with Gasteiger partial charge in [0.15, 0.2) is 0 Å². The molecule has 2 amide bonds. The highest BCUT2D eigenvalue weighted by atomic mass is 16.5. The van der Waals surface area contributed by atoms with Crippen LogP contribution in [0.3, 0.4) is 0 Å². The lowest BCUT2D eigenvalue weighted by atomic mass is 9.95. The van der Waals surface area contributed by atoms with E-state index in [1.54, 1.807) is 11.8 Å². The number of ether oxygens (including phenoxy) is 1. The molecule has 0 radical (unpaired) electrons. The van der Waals surface area contributed by atoms with E-state index >= 15 is 0 Å². The zero-order chi connectivity index (χ0) is 16.4. The number of hydrogen-bond donors (Lipinski definition) is 1. The second kappa shape index (κ2) is 7.15. The van der Waals surface area contributed by atoms with Gasteiger partial charge in [0.25, 0.3) is 0 Å². The Morgan fingerprint density at radius 1 is 1.00 bits per heavy atom. The molecule has 130 valence electrons. The molecule has 3 heterocycles. The first-order valence-corrected chi connectivity index (χ1v) is 8.60. The van der Waals surface area contributed by atoms with Gasteiger partial charge in [0.1, 0.15) is 0 Å². The third kappa shape index (κ3) is 3.67. The molecule has 0 aromatic rings. The van der Waals surface area contributed by atoms with Crippen molar-refractivity contribution in [2.24, 2.45) is 5.92 Å². The van der Waals surface area contributed by atoms with E-state index in [1.165, 1.54) is 0 Å². The van der Waals surface area contributed by atoms with Crippen LogP contribution in [0.5, 0.6) is 0 Å². The number of piperidine rings is 1. The molecule has 0 bridgehead atoms. The van der Waals surface area contributed by atoms with Gasteiger partial charge in [-0.15, -0.1) is 0 Å². The highest BCUT2D eigenvalue weighted by molar-refractivity contribution is 5.80. The molecule has 0 unspecified atom stereocenters. The van der Waals surface area contributed by atoms with E-state index in [0.29, 0.717) is 39.4 Å². The highest BCUT2D eigenvalue weighted by Gasteiger charge is 2.40. The normalized spacial score (nSPS) is 30.7. The summed E-state index contributed by atoms with van der Waals surface area (Å²) in [5, 5.41) is 10.3. The first kappa shape index (κ1) is 16.7. The summed E-state index contributed by atoms with van der Waals surface area (Å²) in [6.07, 6.45) is 0.981. The quantitative estimate of drug-likeness (QED) is 0.716. The molecule has 0 saturated carbocycles. The minimum atomic E-state index is -0.477. The van der Waals surface area contributed by atoms with Crippen molar-refractivity contribution in [3.63, 3.8) is 0 Å². The average Bonchev–Trinajstić information content (AvgIpc) is 2.97. The molecule has 0 aliphatic carbocycles. The van der Waals surface area contributed by atoms with Crippen LogP contribution in [0.15, 0.2) is 0 Å². The number of carbonyl (C=O) groups is 2. The molecule has 1 N–H and O–H groups in total. The van der Waals surface area contributed by atoms with Crippen LogP contribution in [-0.4, -0.2) is 96.2 Å². The van der Waals surface area contributed by atoms with E-state index in [9.17, 15) is 14.7 Å². The molecule has 3 fully saturated rings. The molecule has 0 aromatic heterocycles. The molecule has 7 heteroatoms. The van der Waals surface area contributed by atoms with E-state index in [1.807, 2.05) is 4.90 Å². The van der Waals surface area contributed by atoms with Crippen LogP contribution in [0.4, 0.5) is 0 Å². The molecular weight excluding hydrogens is 298 g/mol. The zero-order valence-corrected chi connectivity index (χ0v) is 13.8. The van der Waals surface area contributed by atoms with Crippen LogP contribution in [0.2, 0.25) is 0 Å². The van der Waals surface area contributed by atoms with Gasteiger partial charge >= 0.3 is 0 Å². The van der Waals surface area contributed by atoms with Crippen molar-refractivity contribution >= 4 is 11.8 Å². The lowest BCUT2D eigenvalue weighted by Gasteiger charge is -2.34. The van der Waals surface area contributed by atoms with Gasteiger partial charge in [-0.05, 0) is 12.8 Å². The van der Waals surface area contributed by atoms with Gasteiger partial charge in [0.05, 0.1) is 25.4 Å². The molecule has 3 aliphatic heterocycles. The number of amides is 2. The maximum Gasteiger partial charge on any atom is 0.225 e. The molecule has 3 saturated heterocycles. The largest absolute Gasteiger partial charge is 0.390 e. The van der Waals surface area contributed by atoms with Crippen molar-refractivity contribution in [3.8, 4) is 0 Å². The smallest absolute Gasteiger partial charge is 0.225 e. The summed E-state index contributed by atoms with van der Waals surface area (Å²) >= 11 is 0. The van der Waals surface area contributed by atoms with Crippen LogP contribution < -0.4 is 0 Å². The van der Waals surface area contributed by atoms with Crippen LogP contribution in [0.1, 0.15) is 19.8 Å². The van der Waals surface area contributed by atoms with E-state index in [4.69, 9.17) is 4.74 Å². The van der Waals surface area contributed by atoms with E-state index < -0.39 is 6.10 Å². The molecule has 0 spiro atoms. The third-order valence-electron chi connectivity index (χ3n) is 5.37. The van der Waals surface area contributed by atoms with Gasteiger partial charge < -0.3 is 19.6 Å². The number of aliphatic hydroxyl groups excluding tert-OH is 1. The first-order valence-electron chi connectivity index (χ1n) is 8.60. The SMILES string of the molecule is CC(=O)N1CCC(C(=O)N2C[C@@H](O)[C@H](N3CCOCC3)C2)CC1. The van der Waals surface area contributed by atoms with Gasteiger partial charge in [-0.1, -0.05) is 0 Å². The number of β-amino-alcohol motifs (C(OH)–C–C–N with tert-alkyl or cyclic N) is 1. The number of carbonyl (C=O) groups excluding carboxylic acids is 2. The van der Waals surface area contributed by atoms with Crippen LogP contribution >= 0.6 is 0 Å². The molecule has 7 nitrogen and oxygen atoms in total. The monoisotopic (exact) mass is 325 g/mol. The maximum absolute atomic E-state index is 12.7. The van der Waals surface area contributed by atoms with Crippen molar-refractivity contribution in [2.45, 2.75) is 31.9 Å². The Bertz CT molecular complexity index is 445. The lowest BCUT2D eigenvalue weighted by molar-refractivity contribution is -0.139. The second-order valence-electron chi connectivity index (χ2n) is 6.81. The number of aliphatic hydroxyl groups is 1. The summed E-state index contributed by atoms with van der Waals surface area (Å²) in [6.45, 7) is 6.96. The Hall–Kier alpha value is -1.18. The molecule has 3 rings (SSSR count). The Morgan fingerprint density at radius 3 is 2.26 bits per heavy atom. The summed E-state index contributed by atoms with van der Waals surface area (Å²) < 4.78 is 5.36.